The fraction of sp³-hybridized carbons (Fsp3) is 0.143. The van der Waals surface area contributed by atoms with E-state index in [0.717, 1.165) is 11.3 Å². The minimum absolute atomic E-state index is 0.490. The van der Waals surface area contributed by atoms with Crippen molar-refractivity contribution in [1.82, 2.24) is 5.32 Å². The molecule has 0 saturated carbocycles. The molecule has 1 aromatic carbocycles. The number of nitrogens with two attached hydrogens (primary N) is 1. The van der Waals surface area contributed by atoms with E-state index in [-0.39, 0.29) is 0 Å². The number of allylic oxidation sites excluding steroid dienone is 2. The van der Waals surface area contributed by atoms with Crippen LogP contribution in [0.1, 0.15) is 0 Å². The second kappa shape index (κ2) is 8.03. The molecule has 0 unspecified atom stereocenters. The summed E-state index contributed by atoms with van der Waals surface area (Å²) in [6, 6.07) is 12.3. The summed E-state index contributed by atoms with van der Waals surface area (Å²) in [4.78, 5) is 0. The van der Waals surface area contributed by atoms with Gasteiger partial charge in [0.25, 0.3) is 0 Å². The van der Waals surface area contributed by atoms with Gasteiger partial charge in [-0.1, -0.05) is 30.7 Å². The van der Waals surface area contributed by atoms with E-state index in [1.54, 1.807) is 0 Å². The summed E-state index contributed by atoms with van der Waals surface area (Å²) in [5.41, 5.74) is 7.68. The summed E-state index contributed by atoms with van der Waals surface area (Å²) < 4.78 is 0. The van der Waals surface area contributed by atoms with Gasteiger partial charge >= 0.3 is 0 Å². The Kier molecular flexibility index (Phi) is 6.09. The average Bonchev–Trinajstić information content (AvgIpc) is 2.39. The molecule has 0 atom stereocenters. The molecule has 0 aliphatic rings. The number of terminal acetylenes is 1. The van der Waals surface area contributed by atoms with E-state index in [9.17, 15) is 0 Å². The zero-order chi connectivity index (χ0) is 12.3. The molecule has 4 N–H and O–H groups in total. The Morgan fingerprint density at radius 1 is 1.35 bits per heavy atom. The molecule has 0 aliphatic heterocycles. The lowest BCUT2D eigenvalue weighted by molar-refractivity contribution is 0.930. The molecular weight excluding hydrogens is 210 g/mol. The molecule has 0 fully saturated rings. The molecule has 1 rings (SSSR count). The largest absolute Gasteiger partial charge is 0.362 e. The van der Waals surface area contributed by atoms with Crippen LogP contribution in [0, 0.1) is 12.5 Å². The predicted octanol–water partition coefficient (Wildman–Crippen LogP) is 1.68. The van der Waals surface area contributed by atoms with E-state index in [1.165, 1.54) is 0 Å². The minimum Gasteiger partial charge on any atom is -0.362 e. The Balaban J connectivity index is 2.43. The Labute approximate surface area is 102 Å². The lowest BCUT2D eigenvalue weighted by Gasteiger charge is -2.01. The molecule has 3 nitrogen and oxygen atoms in total. The number of rotatable bonds is 6. The molecule has 0 saturated heterocycles. The first-order valence-corrected chi connectivity index (χ1v) is 5.41. The van der Waals surface area contributed by atoms with E-state index in [2.05, 4.69) is 16.7 Å². The highest BCUT2D eigenvalue weighted by Gasteiger charge is 1.89. The van der Waals surface area contributed by atoms with Crippen molar-refractivity contribution in [2.24, 2.45) is 5.73 Å². The van der Waals surface area contributed by atoms with Crippen molar-refractivity contribution >= 4 is 5.69 Å². The van der Waals surface area contributed by atoms with Gasteiger partial charge in [0.2, 0.25) is 0 Å². The van der Waals surface area contributed by atoms with E-state index in [1.807, 2.05) is 48.7 Å². The van der Waals surface area contributed by atoms with Crippen LogP contribution >= 0.6 is 0 Å². The molecule has 0 bridgehead atoms. The first kappa shape index (κ1) is 12.9. The highest BCUT2D eigenvalue weighted by molar-refractivity contribution is 5.45. The molecule has 17 heavy (non-hydrogen) atoms. The van der Waals surface area contributed by atoms with Crippen LogP contribution in [0.15, 0.2) is 54.3 Å². The number of benzene rings is 1. The van der Waals surface area contributed by atoms with Crippen LogP contribution in [0.4, 0.5) is 5.69 Å². The standard InChI is InChI=1S/C14H17N3/c1-2-16-12-13(11-15)7-6-10-17-14-8-4-3-5-9-14/h1,3-10,16-17H,11-12,15H2/b10-6+,13-7-. The normalized spacial score (nSPS) is 11.2. The fourth-order valence-corrected chi connectivity index (χ4v) is 1.23. The molecule has 0 radical (unpaired) electrons. The summed E-state index contributed by atoms with van der Waals surface area (Å²) in [6.45, 7) is 1.10. The second-order valence-electron chi connectivity index (χ2n) is 3.40. The molecule has 1 aromatic rings. The molecule has 88 valence electrons. The fourth-order valence-electron chi connectivity index (χ4n) is 1.23. The van der Waals surface area contributed by atoms with Gasteiger partial charge in [0.05, 0.1) is 0 Å². The second-order valence-corrected chi connectivity index (χ2v) is 3.40. The average molecular weight is 227 g/mol. The number of hydrogen-bond acceptors (Lipinski definition) is 3. The smallest absolute Gasteiger partial charge is 0.0455 e. The summed E-state index contributed by atoms with van der Waals surface area (Å²) in [5.74, 6) is 0. The van der Waals surface area contributed by atoms with Gasteiger partial charge in [0.15, 0.2) is 0 Å². The van der Waals surface area contributed by atoms with Crippen molar-refractivity contribution in [3.8, 4) is 12.5 Å². The summed E-state index contributed by atoms with van der Waals surface area (Å²) in [7, 11) is 0. The van der Waals surface area contributed by atoms with Crippen LogP contribution < -0.4 is 16.4 Å². The summed E-state index contributed by atoms with van der Waals surface area (Å²) in [6.07, 6.45) is 10.8. The molecule has 0 aliphatic carbocycles. The van der Waals surface area contributed by atoms with E-state index >= 15 is 0 Å². The molecular formula is C14H17N3. The van der Waals surface area contributed by atoms with Gasteiger partial charge in [-0.15, -0.1) is 0 Å². The van der Waals surface area contributed by atoms with Crippen molar-refractivity contribution in [1.29, 1.82) is 0 Å². The van der Waals surface area contributed by atoms with E-state index in [0.29, 0.717) is 13.1 Å². The van der Waals surface area contributed by atoms with Crippen molar-refractivity contribution < 1.29 is 0 Å². The molecule has 0 heterocycles. The van der Waals surface area contributed by atoms with Gasteiger partial charge in [0.1, 0.15) is 0 Å². The van der Waals surface area contributed by atoms with Gasteiger partial charge in [-0.25, -0.2) is 0 Å². The molecule has 3 heteroatoms. The minimum atomic E-state index is 0.490. The van der Waals surface area contributed by atoms with Gasteiger partial charge in [-0.05, 0) is 23.8 Å². The Hall–Kier alpha value is -2.18. The van der Waals surface area contributed by atoms with Crippen molar-refractivity contribution in [3.05, 3.63) is 54.3 Å². The van der Waals surface area contributed by atoms with E-state index in [4.69, 9.17) is 12.2 Å². The lowest BCUT2D eigenvalue weighted by atomic mass is 10.2. The van der Waals surface area contributed by atoms with Gasteiger partial charge in [-0.2, -0.15) is 0 Å². The van der Waals surface area contributed by atoms with Crippen LogP contribution in [0.5, 0.6) is 0 Å². The molecule has 0 amide bonds. The maximum Gasteiger partial charge on any atom is 0.0455 e. The third kappa shape index (κ3) is 5.45. The highest BCUT2D eigenvalue weighted by atomic mass is 14.8. The van der Waals surface area contributed by atoms with Crippen LogP contribution in [0.2, 0.25) is 0 Å². The maximum atomic E-state index is 5.58. The van der Waals surface area contributed by atoms with Crippen molar-refractivity contribution in [3.63, 3.8) is 0 Å². The number of para-hydroxylation sites is 1. The van der Waals surface area contributed by atoms with Gasteiger partial charge in [-0.3, -0.25) is 0 Å². The number of nitrogens with one attached hydrogen (secondary N) is 2. The molecule has 0 spiro atoms. The Bertz CT molecular complexity index is 413. The predicted molar refractivity (Wildman–Crippen MR) is 73.2 cm³/mol. The highest BCUT2D eigenvalue weighted by Crippen LogP contribution is 2.04. The third-order valence-corrected chi connectivity index (χ3v) is 2.13. The van der Waals surface area contributed by atoms with E-state index < -0.39 is 0 Å². The summed E-state index contributed by atoms with van der Waals surface area (Å²) in [5, 5.41) is 5.94. The molecule has 0 aromatic heterocycles. The number of anilines is 1. The van der Waals surface area contributed by atoms with Crippen LogP contribution in [0.25, 0.3) is 0 Å². The van der Waals surface area contributed by atoms with Gasteiger partial charge in [0, 0.05) is 31.0 Å². The van der Waals surface area contributed by atoms with Crippen LogP contribution in [0.3, 0.4) is 0 Å². The topological polar surface area (TPSA) is 50.1 Å². The zero-order valence-corrected chi connectivity index (χ0v) is 9.69. The SMILES string of the molecule is C#CNC/C(=C\C=C\Nc1ccccc1)CN. The van der Waals surface area contributed by atoms with Crippen molar-refractivity contribution in [2.75, 3.05) is 18.4 Å². The third-order valence-electron chi connectivity index (χ3n) is 2.13. The van der Waals surface area contributed by atoms with Crippen LogP contribution in [-0.2, 0) is 0 Å². The number of hydrogen-bond donors (Lipinski definition) is 3. The first-order valence-electron chi connectivity index (χ1n) is 5.41. The maximum absolute atomic E-state index is 5.58. The first-order chi connectivity index (χ1) is 8.36. The zero-order valence-electron chi connectivity index (χ0n) is 9.69. The Morgan fingerprint density at radius 3 is 2.76 bits per heavy atom. The lowest BCUT2D eigenvalue weighted by Crippen LogP contribution is -2.16. The van der Waals surface area contributed by atoms with Gasteiger partial charge < -0.3 is 16.4 Å². The Morgan fingerprint density at radius 2 is 2.12 bits per heavy atom. The van der Waals surface area contributed by atoms with Crippen molar-refractivity contribution in [2.45, 2.75) is 0 Å². The summed E-state index contributed by atoms with van der Waals surface area (Å²) >= 11 is 0. The quantitative estimate of drug-likeness (QED) is 0.394. The monoisotopic (exact) mass is 227 g/mol. The van der Waals surface area contributed by atoms with Crippen LogP contribution in [-0.4, -0.2) is 13.1 Å².